The number of hydrogen-bond acceptors (Lipinski definition) is 3. The van der Waals surface area contributed by atoms with Gasteiger partial charge in [-0.2, -0.15) is 0 Å². The molecule has 0 aromatic rings. The molecule has 120 valence electrons. The summed E-state index contributed by atoms with van der Waals surface area (Å²) >= 11 is 0. The van der Waals surface area contributed by atoms with Crippen LogP contribution in [0, 0.1) is 11.8 Å². The lowest BCUT2D eigenvalue weighted by Gasteiger charge is -2.39. The molecule has 4 nitrogen and oxygen atoms in total. The summed E-state index contributed by atoms with van der Waals surface area (Å²) in [6.07, 6.45) is 0.885. The van der Waals surface area contributed by atoms with Gasteiger partial charge in [-0.3, -0.25) is 9.69 Å². The van der Waals surface area contributed by atoms with Gasteiger partial charge in [-0.1, -0.05) is 20.8 Å². The normalized spacial score (nSPS) is 15.2. The highest BCUT2D eigenvalue weighted by molar-refractivity contribution is 5.79. The second-order valence-electron chi connectivity index (χ2n) is 6.58. The van der Waals surface area contributed by atoms with E-state index in [4.69, 9.17) is 0 Å². The largest absolute Gasteiger partial charge is 0.378 e. The second kappa shape index (κ2) is 9.35. The van der Waals surface area contributed by atoms with Crippen molar-refractivity contribution in [2.45, 2.75) is 79.6 Å². The van der Waals surface area contributed by atoms with E-state index >= 15 is 0 Å². The van der Waals surface area contributed by atoms with E-state index < -0.39 is 6.23 Å². The molecule has 2 atom stereocenters. The molecule has 0 aliphatic rings. The highest BCUT2D eigenvalue weighted by Crippen LogP contribution is 2.22. The van der Waals surface area contributed by atoms with E-state index in [0.29, 0.717) is 18.9 Å². The Morgan fingerprint density at radius 1 is 1.10 bits per heavy atom. The van der Waals surface area contributed by atoms with Crippen LogP contribution in [0.1, 0.15) is 61.3 Å². The molecule has 0 aliphatic carbocycles. The first-order valence-corrected chi connectivity index (χ1v) is 7.95. The number of carbonyl (C=O) groups excluding carboxylic acids is 1. The lowest BCUT2D eigenvalue weighted by atomic mass is 9.92. The van der Waals surface area contributed by atoms with Crippen LogP contribution in [0.25, 0.3) is 0 Å². The maximum Gasteiger partial charge on any atom is 0.227 e. The van der Waals surface area contributed by atoms with Crippen LogP contribution < -0.4 is 5.32 Å². The highest BCUT2D eigenvalue weighted by Gasteiger charge is 2.34. The number of nitrogens with zero attached hydrogens (tertiary/aromatic N) is 1. The zero-order valence-electron chi connectivity index (χ0n) is 14.3. The Bertz CT molecular complexity index is 270. The molecular formula is C16H34N2O2. The number of rotatable bonds is 9. The average molecular weight is 286 g/mol. The van der Waals surface area contributed by atoms with E-state index in [0.717, 1.165) is 6.42 Å². The molecule has 0 saturated carbocycles. The van der Waals surface area contributed by atoms with Crippen molar-refractivity contribution >= 4 is 5.91 Å². The minimum absolute atomic E-state index is 0.0284. The van der Waals surface area contributed by atoms with Gasteiger partial charge in [0.15, 0.2) is 0 Å². The van der Waals surface area contributed by atoms with Crippen molar-refractivity contribution < 1.29 is 9.90 Å². The van der Waals surface area contributed by atoms with Gasteiger partial charge in [0.25, 0.3) is 0 Å². The first kappa shape index (κ1) is 19.4. The summed E-state index contributed by atoms with van der Waals surface area (Å²) in [7, 11) is 0. The van der Waals surface area contributed by atoms with Gasteiger partial charge < -0.3 is 10.4 Å². The number of aliphatic hydroxyl groups is 1. The van der Waals surface area contributed by atoms with Gasteiger partial charge >= 0.3 is 0 Å². The molecular weight excluding hydrogens is 252 g/mol. The summed E-state index contributed by atoms with van der Waals surface area (Å²) in [5.41, 5.74) is 0. The molecule has 0 aliphatic heterocycles. The molecule has 0 aromatic heterocycles. The summed E-state index contributed by atoms with van der Waals surface area (Å²) in [5, 5.41) is 13.6. The van der Waals surface area contributed by atoms with Crippen LogP contribution in [0.5, 0.6) is 0 Å². The highest BCUT2D eigenvalue weighted by atomic mass is 16.3. The van der Waals surface area contributed by atoms with Crippen molar-refractivity contribution in [2.75, 3.05) is 6.54 Å². The first-order valence-electron chi connectivity index (χ1n) is 7.95. The van der Waals surface area contributed by atoms with Crippen molar-refractivity contribution in [3.63, 3.8) is 0 Å². The third-order valence-electron chi connectivity index (χ3n) is 3.47. The van der Waals surface area contributed by atoms with Crippen LogP contribution in [-0.4, -0.2) is 40.8 Å². The molecule has 2 N–H and O–H groups in total. The Kier molecular flexibility index (Phi) is 9.06. The zero-order chi connectivity index (χ0) is 15.9. The van der Waals surface area contributed by atoms with E-state index in [-0.39, 0.29) is 23.9 Å². The number of carbonyl (C=O) groups is 1. The topological polar surface area (TPSA) is 52.6 Å². The Morgan fingerprint density at radius 3 is 1.95 bits per heavy atom. The second-order valence-corrected chi connectivity index (χ2v) is 6.58. The molecule has 20 heavy (non-hydrogen) atoms. The summed E-state index contributed by atoms with van der Waals surface area (Å²) < 4.78 is 0. The number of aliphatic hydroxyl groups excluding tert-OH is 1. The Balaban J connectivity index is 5.03. The molecule has 0 saturated heterocycles. The lowest BCUT2D eigenvalue weighted by molar-refractivity contribution is -0.140. The molecule has 1 amide bonds. The molecule has 0 rings (SSSR count). The van der Waals surface area contributed by atoms with Gasteiger partial charge in [0.05, 0.1) is 5.92 Å². The van der Waals surface area contributed by atoms with Crippen molar-refractivity contribution in [3.8, 4) is 0 Å². The Labute approximate surface area is 124 Å². The fourth-order valence-electron chi connectivity index (χ4n) is 2.67. The number of nitrogens with one attached hydrogen (secondary N) is 1. The number of amides is 1. The van der Waals surface area contributed by atoms with Gasteiger partial charge in [-0.15, -0.1) is 0 Å². The molecule has 0 fully saturated rings. The summed E-state index contributed by atoms with van der Waals surface area (Å²) in [5.74, 6) is -0.0195. The van der Waals surface area contributed by atoms with Crippen LogP contribution in [0.15, 0.2) is 0 Å². The van der Waals surface area contributed by atoms with Crippen molar-refractivity contribution in [3.05, 3.63) is 0 Å². The van der Waals surface area contributed by atoms with Crippen LogP contribution in [0.2, 0.25) is 0 Å². The molecule has 2 unspecified atom stereocenters. The maximum absolute atomic E-state index is 12.3. The van der Waals surface area contributed by atoms with Crippen molar-refractivity contribution in [2.24, 2.45) is 11.8 Å². The summed E-state index contributed by atoms with van der Waals surface area (Å²) in [6.45, 7) is 15.1. The van der Waals surface area contributed by atoms with Gasteiger partial charge in [0, 0.05) is 18.6 Å². The summed E-state index contributed by atoms with van der Waals surface area (Å²) in [6, 6.07) is 0.414. The van der Waals surface area contributed by atoms with E-state index in [1.807, 2.05) is 11.8 Å². The molecule has 4 heteroatoms. The number of hydrogen-bond donors (Lipinski definition) is 2. The monoisotopic (exact) mass is 286 g/mol. The lowest BCUT2D eigenvalue weighted by Crippen LogP contribution is -2.52. The first-order chi connectivity index (χ1) is 9.22. The predicted octanol–water partition coefficient (Wildman–Crippen LogP) is 2.61. The van der Waals surface area contributed by atoms with E-state index in [9.17, 15) is 9.90 Å². The minimum atomic E-state index is -0.728. The van der Waals surface area contributed by atoms with E-state index in [2.05, 4.69) is 46.9 Å². The van der Waals surface area contributed by atoms with Gasteiger partial charge in [0.2, 0.25) is 5.91 Å². The van der Waals surface area contributed by atoms with Crippen LogP contribution in [-0.2, 0) is 4.79 Å². The van der Waals surface area contributed by atoms with Gasteiger partial charge in [0.1, 0.15) is 6.23 Å². The third kappa shape index (κ3) is 6.23. The van der Waals surface area contributed by atoms with Crippen molar-refractivity contribution in [1.29, 1.82) is 0 Å². The van der Waals surface area contributed by atoms with Gasteiger partial charge in [-0.05, 0) is 46.5 Å². The van der Waals surface area contributed by atoms with Crippen LogP contribution >= 0.6 is 0 Å². The smallest absolute Gasteiger partial charge is 0.227 e. The summed E-state index contributed by atoms with van der Waals surface area (Å²) in [4.78, 5) is 14.3. The minimum Gasteiger partial charge on any atom is -0.378 e. The fourth-order valence-corrected chi connectivity index (χ4v) is 2.67. The van der Waals surface area contributed by atoms with Crippen molar-refractivity contribution in [1.82, 2.24) is 10.2 Å². The zero-order valence-corrected chi connectivity index (χ0v) is 14.3. The van der Waals surface area contributed by atoms with E-state index in [1.54, 1.807) is 0 Å². The Morgan fingerprint density at radius 2 is 1.60 bits per heavy atom. The maximum atomic E-state index is 12.3. The quantitative estimate of drug-likeness (QED) is 0.641. The van der Waals surface area contributed by atoms with E-state index in [1.165, 1.54) is 0 Å². The molecule has 0 heterocycles. The predicted molar refractivity (Wildman–Crippen MR) is 84.4 cm³/mol. The van der Waals surface area contributed by atoms with Crippen LogP contribution in [0.3, 0.4) is 0 Å². The standard InChI is InChI=1S/C16H34N2O2/c1-8-9-17-15(19)14(10-11(2)3)16(20)18(12(4)5)13(6)7/h11-14,16,20H,8-10H2,1-7H3,(H,17,19). The fraction of sp³-hybridized carbons (Fsp3) is 0.938. The molecule has 0 spiro atoms. The molecule has 0 radical (unpaired) electrons. The third-order valence-corrected chi connectivity index (χ3v) is 3.47. The molecule has 0 aromatic carbocycles. The Hall–Kier alpha value is -0.610. The van der Waals surface area contributed by atoms with Gasteiger partial charge in [-0.25, -0.2) is 0 Å². The van der Waals surface area contributed by atoms with Crippen LogP contribution in [0.4, 0.5) is 0 Å². The molecule has 0 bridgehead atoms. The average Bonchev–Trinajstić information content (AvgIpc) is 2.31. The SMILES string of the molecule is CCCNC(=O)C(CC(C)C)C(O)N(C(C)C)C(C)C.